The van der Waals surface area contributed by atoms with Gasteiger partial charge in [0.25, 0.3) is 5.69 Å². The zero-order valence-corrected chi connectivity index (χ0v) is 10.4. The highest BCUT2D eigenvalue weighted by atomic mass is 32.2. The number of rotatable bonds is 2. The summed E-state index contributed by atoms with van der Waals surface area (Å²) in [7, 11) is 0. The lowest BCUT2D eigenvalue weighted by Crippen LogP contribution is -2.40. The van der Waals surface area contributed by atoms with E-state index in [4.69, 9.17) is 5.73 Å². The largest absolute Gasteiger partial charge is 0.398 e. The molecule has 5 nitrogen and oxygen atoms in total. The summed E-state index contributed by atoms with van der Waals surface area (Å²) in [5, 5.41) is 10.8. The molecule has 1 heterocycles. The van der Waals surface area contributed by atoms with Gasteiger partial charge in [-0.3, -0.25) is 10.1 Å². The number of hydrogen-bond donors (Lipinski definition) is 1. The molecule has 0 aromatic heterocycles. The van der Waals surface area contributed by atoms with Gasteiger partial charge < -0.3 is 10.6 Å². The Hall–Kier alpha value is -1.43. The van der Waals surface area contributed by atoms with Crippen LogP contribution in [0, 0.1) is 10.1 Å². The highest BCUT2D eigenvalue weighted by Gasteiger charge is 2.21. The maximum absolute atomic E-state index is 10.8. The smallest absolute Gasteiger partial charge is 0.273 e. The number of benzene rings is 1. The van der Waals surface area contributed by atoms with Crippen LogP contribution in [0.5, 0.6) is 0 Å². The van der Waals surface area contributed by atoms with Crippen LogP contribution in [0.25, 0.3) is 0 Å². The van der Waals surface area contributed by atoms with Gasteiger partial charge in [-0.05, 0) is 13.0 Å². The molecule has 1 unspecified atom stereocenters. The van der Waals surface area contributed by atoms with Crippen molar-refractivity contribution >= 4 is 28.8 Å². The summed E-state index contributed by atoms with van der Waals surface area (Å²) in [6.45, 7) is 3.04. The van der Waals surface area contributed by atoms with Crippen LogP contribution in [-0.4, -0.2) is 29.0 Å². The molecule has 0 amide bonds. The number of nitro groups is 1. The monoisotopic (exact) mass is 253 g/mol. The van der Waals surface area contributed by atoms with Crippen molar-refractivity contribution in [2.75, 3.05) is 28.7 Å². The molecule has 2 N–H and O–H groups in total. The molecule has 1 aromatic rings. The predicted molar refractivity (Wildman–Crippen MR) is 71.6 cm³/mol. The van der Waals surface area contributed by atoms with Gasteiger partial charge in [-0.15, -0.1) is 0 Å². The maximum atomic E-state index is 10.8. The second kappa shape index (κ2) is 4.83. The summed E-state index contributed by atoms with van der Waals surface area (Å²) < 4.78 is 0. The minimum absolute atomic E-state index is 0.0606. The molecule has 2 rings (SSSR count). The van der Waals surface area contributed by atoms with E-state index >= 15 is 0 Å². The van der Waals surface area contributed by atoms with Gasteiger partial charge in [0, 0.05) is 47.6 Å². The summed E-state index contributed by atoms with van der Waals surface area (Å²) in [4.78, 5) is 12.6. The quantitative estimate of drug-likeness (QED) is 0.496. The van der Waals surface area contributed by atoms with Gasteiger partial charge in [-0.1, -0.05) is 0 Å². The zero-order chi connectivity index (χ0) is 12.4. The topological polar surface area (TPSA) is 72.4 Å². The molecule has 1 fully saturated rings. The summed E-state index contributed by atoms with van der Waals surface area (Å²) in [6, 6.07) is 5.19. The van der Waals surface area contributed by atoms with Crippen LogP contribution in [0.2, 0.25) is 0 Å². The van der Waals surface area contributed by atoms with Crippen molar-refractivity contribution in [3.8, 4) is 0 Å². The van der Waals surface area contributed by atoms with Crippen LogP contribution in [0.15, 0.2) is 18.2 Å². The normalized spacial score (nSPS) is 20.3. The SMILES string of the molecule is CC1CSCCN1c1cc(N)cc([N+](=O)[O-])c1. The Morgan fingerprint density at radius 1 is 1.53 bits per heavy atom. The van der Waals surface area contributed by atoms with Crippen molar-refractivity contribution in [2.24, 2.45) is 0 Å². The molecule has 0 bridgehead atoms. The molecular formula is C11H15N3O2S. The summed E-state index contributed by atoms with van der Waals surface area (Å²) >= 11 is 1.91. The van der Waals surface area contributed by atoms with Gasteiger partial charge in [0.05, 0.1) is 4.92 Å². The number of nitrogen functional groups attached to an aromatic ring is 1. The number of nitrogens with two attached hydrogens (primary N) is 1. The van der Waals surface area contributed by atoms with Gasteiger partial charge >= 0.3 is 0 Å². The van der Waals surface area contributed by atoms with Crippen molar-refractivity contribution in [3.05, 3.63) is 28.3 Å². The molecule has 6 heteroatoms. The van der Waals surface area contributed by atoms with Crippen molar-refractivity contribution in [1.29, 1.82) is 0 Å². The van der Waals surface area contributed by atoms with E-state index in [0.29, 0.717) is 11.7 Å². The first-order valence-corrected chi connectivity index (χ1v) is 6.63. The summed E-state index contributed by atoms with van der Waals surface area (Å²) in [6.07, 6.45) is 0. The van der Waals surface area contributed by atoms with Crippen molar-refractivity contribution in [2.45, 2.75) is 13.0 Å². The van der Waals surface area contributed by atoms with E-state index in [-0.39, 0.29) is 5.69 Å². The van der Waals surface area contributed by atoms with Crippen molar-refractivity contribution < 1.29 is 4.92 Å². The third-order valence-electron chi connectivity index (χ3n) is 2.83. The number of anilines is 2. The van der Waals surface area contributed by atoms with Gasteiger partial charge in [-0.25, -0.2) is 0 Å². The molecule has 0 radical (unpaired) electrons. The van der Waals surface area contributed by atoms with Crippen LogP contribution < -0.4 is 10.6 Å². The molecular weight excluding hydrogens is 238 g/mol. The fourth-order valence-electron chi connectivity index (χ4n) is 2.00. The fourth-order valence-corrected chi connectivity index (χ4v) is 3.01. The average molecular weight is 253 g/mol. The first-order valence-electron chi connectivity index (χ1n) is 5.47. The maximum Gasteiger partial charge on any atom is 0.273 e. The van der Waals surface area contributed by atoms with Gasteiger partial charge in [0.2, 0.25) is 0 Å². The van der Waals surface area contributed by atoms with E-state index in [1.165, 1.54) is 6.07 Å². The minimum atomic E-state index is -0.400. The molecule has 1 aliphatic heterocycles. The Labute approximate surface area is 104 Å². The second-order valence-electron chi connectivity index (χ2n) is 4.16. The number of nitro benzene ring substituents is 1. The van der Waals surface area contributed by atoms with E-state index in [1.54, 1.807) is 12.1 Å². The standard InChI is InChI=1S/C11H15N3O2S/c1-8-7-17-3-2-13(8)10-4-9(12)5-11(6-10)14(15)16/h4-6,8H,2-3,7,12H2,1H3. The Morgan fingerprint density at radius 2 is 2.29 bits per heavy atom. The van der Waals surface area contributed by atoms with E-state index < -0.39 is 4.92 Å². The molecule has 1 atom stereocenters. The van der Waals surface area contributed by atoms with E-state index in [2.05, 4.69) is 11.8 Å². The van der Waals surface area contributed by atoms with Gasteiger partial charge in [0.1, 0.15) is 0 Å². The predicted octanol–water partition coefficient (Wildman–Crippen LogP) is 2.12. The molecule has 0 aliphatic carbocycles. The lowest BCUT2D eigenvalue weighted by molar-refractivity contribution is -0.384. The third-order valence-corrected chi connectivity index (χ3v) is 4.02. The molecule has 1 aromatic carbocycles. The molecule has 0 saturated carbocycles. The minimum Gasteiger partial charge on any atom is -0.398 e. The lowest BCUT2D eigenvalue weighted by atomic mass is 10.2. The summed E-state index contributed by atoms with van der Waals surface area (Å²) in [5.41, 5.74) is 7.07. The number of nitrogens with zero attached hydrogens (tertiary/aromatic N) is 2. The van der Waals surface area contributed by atoms with E-state index in [9.17, 15) is 10.1 Å². The second-order valence-corrected chi connectivity index (χ2v) is 5.31. The van der Waals surface area contributed by atoms with Crippen LogP contribution in [0.1, 0.15) is 6.92 Å². The van der Waals surface area contributed by atoms with Crippen LogP contribution in [0.4, 0.5) is 17.1 Å². The van der Waals surface area contributed by atoms with Crippen molar-refractivity contribution in [3.63, 3.8) is 0 Å². The molecule has 0 spiro atoms. The third kappa shape index (κ3) is 2.63. The first-order chi connectivity index (χ1) is 8.08. The Balaban J connectivity index is 2.33. The number of thioether (sulfide) groups is 1. The molecule has 92 valence electrons. The average Bonchev–Trinajstić information content (AvgIpc) is 2.28. The van der Waals surface area contributed by atoms with Crippen LogP contribution in [-0.2, 0) is 0 Å². The molecule has 1 saturated heterocycles. The highest BCUT2D eigenvalue weighted by molar-refractivity contribution is 7.99. The highest BCUT2D eigenvalue weighted by Crippen LogP contribution is 2.29. The van der Waals surface area contributed by atoms with Gasteiger partial charge in [-0.2, -0.15) is 11.8 Å². The summed E-state index contributed by atoms with van der Waals surface area (Å²) in [5.74, 6) is 2.09. The van der Waals surface area contributed by atoms with Crippen LogP contribution in [0.3, 0.4) is 0 Å². The number of non-ortho nitro benzene ring substituents is 1. The fraction of sp³-hybridized carbons (Fsp3) is 0.455. The first kappa shape index (κ1) is 12.0. The zero-order valence-electron chi connectivity index (χ0n) is 9.63. The molecule has 17 heavy (non-hydrogen) atoms. The van der Waals surface area contributed by atoms with Crippen molar-refractivity contribution in [1.82, 2.24) is 0 Å². The van der Waals surface area contributed by atoms with E-state index in [0.717, 1.165) is 23.7 Å². The lowest BCUT2D eigenvalue weighted by Gasteiger charge is -2.35. The Morgan fingerprint density at radius 3 is 2.94 bits per heavy atom. The number of hydrogen-bond acceptors (Lipinski definition) is 5. The Bertz CT molecular complexity index is 439. The van der Waals surface area contributed by atoms with Gasteiger partial charge in [0.15, 0.2) is 0 Å². The van der Waals surface area contributed by atoms with Crippen LogP contribution >= 0.6 is 11.8 Å². The van der Waals surface area contributed by atoms with E-state index in [1.807, 2.05) is 11.8 Å². The Kier molecular flexibility index (Phi) is 3.42. The molecule has 1 aliphatic rings.